The first-order valence-corrected chi connectivity index (χ1v) is 6.08. The molecule has 0 spiro atoms. The average Bonchev–Trinajstić information content (AvgIpc) is 2.36. The van der Waals surface area contributed by atoms with E-state index in [2.05, 4.69) is 10.9 Å². The maximum absolute atomic E-state index is 12.5. The quantitative estimate of drug-likeness (QED) is 0.675. The van der Waals surface area contributed by atoms with Crippen LogP contribution < -0.4 is 10.9 Å². The molecule has 2 rings (SSSR count). The van der Waals surface area contributed by atoms with Crippen molar-refractivity contribution < 1.29 is 13.2 Å². The van der Waals surface area contributed by atoms with Crippen LogP contribution in [0.1, 0.15) is 0 Å². The Morgan fingerprint density at radius 3 is 2.79 bits per heavy atom. The number of halogens is 3. The minimum atomic E-state index is -4.18. The summed E-state index contributed by atoms with van der Waals surface area (Å²) in [6.07, 6.45) is -2.28. The molecule has 7 heteroatoms. The van der Waals surface area contributed by atoms with Gasteiger partial charge in [-0.3, -0.25) is 0 Å². The Morgan fingerprint density at radius 2 is 2.07 bits per heavy atom. The van der Waals surface area contributed by atoms with Gasteiger partial charge in [-0.25, -0.2) is 10.9 Å². The number of hydrogen-bond donors (Lipinski definition) is 2. The third kappa shape index (κ3) is 2.05. The predicted molar refractivity (Wildman–Crippen MR) is 52.9 cm³/mol. The maximum Gasteiger partial charge on any atom is 0.406 e. The van der Waals surface area contributed by atoms with Crippen LogP contribution in [0.3, 0.4) is 0 Å². The van der Waals surface area contributed by atoms with Crippen molar-refractivity contribution in [2.24, 2.45) is 0 Å². The summed E-state index contributed by atoms with van der Waals surface area (Å²) in [7, 11) is 0. The summed E-state index contributed by atoms with van der Waals surface area (Å²) < 4.78 is 37.6. The molecule has 3 unspecified atom stereocenters. The van der Waals surface area contributed by atoms with Gasteiger partial charge in [-0.05, 0) is 5.41 Å². The molecular weight excluding hydrogens is 233 g/mol. The van der Waals surface area contributed by atoms with Crippen LogP contribution in [0.5, 0.6) is 0 Å². The van der Waals surface area contributed by atoms with Crippen LogP contribution in [0.15, 0.2) is 11.5 Å². The summed E-state index contributed by atoms with van der Waals surface area (Å²) in [5.41, 5.74) is 4.99. The largest absolute Gasteiger partial charge is 0.406 e. The molecule has 0 radical (unpaired) electrons. The number of nitrogens with one attached hydrogen (secondary N) is 2. The number of hydrazine groups is 1. The SMILES string of the molecule is FC(F)(F)C1NNC2SC=CCSC21. The van der Waals surface area contributed by atoms with Gasteiger partial charge >= 0.3 is 6.18 Å². The molecule has 80 valence electrons. The lowest BCUT2D eigenvalue weighted by Crippen LogP contribution is -2.45. The van der Waals surface area contributed by atoms with Gasteiger partial charge in [0.2, 0.25) is 0 Å². The lowest BCUT2D eigenvalue weighted by molar-refractivity contribution is -0.151. The summed E-state index contributed by atoms with van der Waals surface area (Å²) in [6, 6.07) is -1.44. The fourth-order valence-electron chi connectivity index (χ4n) is 1.42. The van der Waals surface area contributed by atoms with E-state index >= 15 is 0 Å². The minimum absolute atomic E-state index is 0.189. The van der Waals surface area contributed by atoms with E-state index < -0.39 is 17.5 Å². The summed E-state index contributed by atoms with van der Waals surface area (Å²) >= 11 is 2.74. The van der Waals surface area contributed by atoms with E-state index in [9.17, 15) is 13.2 Å². The molecule has 0 aliphatic carbocycles. The van der Waals surface area contributed by atoms with E-state index in [0.717, 1.165) is 0 Å². The molecule has 0 bridgehead atoms. The molecule has 2 nitrogen and oxygen atoms in total. The Hall–Kier alpha value is 0.150. The van der Waals surface area contributed by atoms with Gasteiger partial charge in [0.05, 0.1) is 10.6 Å². The van der Waals surface area contributed by atoms with Crippen molar-refractivity contribution in [1.82, 2.24) is 10.9 Å². The Labute approximate surface area is 88.0 Å². The van der Waals surface area contributed by atoms with Crippen LogP contribution in [0, 0.1) is 0 Å². The summed E-state index contributed by atoms with van der Waals surface area (Å²) in [6.45, 7) is 0. The van der Waals surface area contributed by atoms with Crippen LogP contribution in [-0.4, -0.2) is 28.6 Å². The van der Waals surface area contributed by atoms with Gasteiger partial charge in [-0.15, -0.1) is 23.5 Å². The van der Waals surface area contributed by atoms with Crippen molar-refractivity contribution in [2.75, 3.05) is 5.75 Å². The van der Waals surface area contributed by atoms with Gasteiger partial charge in [0, 0.05) is 5.75 Å². The molecule has 0 aromatic rings. The highest BCUT2D eigenvalue weighted by atomic mass is 32.2. The van der Waals surface area contributed by atoms with Gasteiger partial charge in [-0.1, -0.05) is 6.08 Å². The number of rotatable bonds is 0. The third-order valence-electron chi connectivity index (χ3n) is 2.07. The zero-order valence-electron chi connectivity index (χ0n) is 7.04. The Bertz CT molecular complexity index is 244. The number of thioether (sulfide) groups is 2. The first-order valence-electron chi connectivity index (χ1n) is 4.09. The molecule has 1 fully saturated rings. The third-order valence-corrected chi connectivity index (χ3v) is 4.61. The second-order valence-electron chi connectivity index (χ2n) is 3.03. The fourth-order valence-corrected chi connectivity index (χ4v) is 3.88. The highest BCUT2D eigenvalue weighted by Gasteiger charge is 2.51. The van der Waals surface area contributed by atoms with E-state index in [1.165, 1.54) is 23.5 Å². The molecule has 0 aromatic heterocycles. The maximum atomic E-state index is 12.5. The smallest absolute Gasteiger partial charge is 0.244 e. The highest BCUT2D eigenvalue weighted by molar-refractivity contribution is 8.06. The van der Waals surface area contributed by atoms with Crippen LogP contribution >= 0.6 is 23.5 Å². The predicted octanol–water partition coefficient (Wildman–Crippen LogP) is 1.71. The number of fused-ring (bicyclic) bond motifs is 1. The van der Waals surface area contributed by atoms with Gasteiger partial charge in [0.1, 0.15) is 6.04 Å². The lowest BCUT2D eigenvalue weighted by atomic mass is 10.2. The van der Waals surface area contributed by atoms with Crippen molar-refractivity contribution in [2.45, 2.75) is 22.8 Å². The molecule has 2 aliphatic rings. The van der Waals surface area contributed by atoms with Crippen molar-refractivity contribution in [3.63, 3.8) is 0 Å². The highest BCUT2D eigenvalue weighted by Crippen LogP contribution is 2.38. The topological polar surface area (TPSA) is 24.1 Å². The zero-order chi connectivity index (χ0) is 10.2. The van der Waals surface area contributed by atoms with Gasteiger partial charge in [0.15, 0.2) is 0 Å². The Morgan fingerprint density at radius 1 is 1.29 bits per heavy atom. The van der Waals surface area contributed by atoms with Crippen LogP contribution in [0.2, 0.25) is 0 Å². The van der Waals surface area contributed by atoms with Crippen molar-refractivity contribution in [3.8, 4) is 0 Å². The van der Waals surface area contributed by atoms with E-state index in [4.69, 9.17) is 0 Å². The van der Waals surface area contributed by atoms with Gasteiger partial charge in [0.25, 0.3) is 0 Å². The number of hydrogen-bond acceptors (Lipinski definition) is 4. The molecule has 2 aliphatic heterocycles. The first kappa shape index (κ1) is 10.7. The molecule has 3 atom stereocenters. The molecule has 14 heavy (non-hydrogen) atoms. The van der Waals surface area contributed by atoms with E-state index in [0.29, 0.717) is 5.75 Å². The van der Waals surface area contributed by atoms with Gasteiger partial charge < -0.3 is 0 Å². The van der Waals surface area contributed by atoms with Gasteiger partial charge in [-0.2, -0.15) is 13.2 Å². The van der Waals surface area contributed by atoms with Crippen molar-refractivity contribution in [3.05, 3.63) is 11.5 Å². The Balaban J connectivity index is 2.10. The second kappa shape index (κ2) is 3.96. The molecule has 0 saturated carbocycles. The van der Waals surface area contributed by atoms with E-state index in [1.807, 2.05) is 11.5 Å². The lowest BCUT2D eigenvalue weighted by Gasteiger charge is -2.21. The summed E-state index contributed by atoms with van der Waals surface area (Å²) in [5.74, 6) is 0.643. The van der Waals surface area contributed by atoms with Crippen molar-refractivity contribution >= 4 is 23.5 Å². The van der Waals surface area contributed by atoms with E-state index in [-0.39, 0.29) is 5.37 Å². The standard InChI is InChI=1S/C7H9F3N2S2/c8-7(9,10)5-4-6(12-11-5)14-3-1-2-13-4/h1,3-6,11-12H,2H2. The van der Waals surface area contributed by atoms with Crippen LogP contribution in [0.4, 0.5) is 13.2 Å². The molecule has 0 aromatic carbocycles. The number of alkyl halides is 3. The summed E-state index contributed by atoms with van der Waals surface area (Å²) in [5, 5.41) is 1.21. The van der Waals surface area contributed by atoms with Crippen LogP contribution in [0.25, 0.3) is 0 Å². The molecule has 1 saturated heterocycles. The molecular formula is C7H9F3N2S2. The molecule has 0 amide bonds. The summed E-state index contributed by atoms with van der Waals surface area (Å²) in [4.78, 5) is 0. The minimum Gasteiger partial charge on any atom is -0.244 e. The average molecular weight is 242 g/mol. The van der Waals surface area contributed by atoms with E-state index in [1.54, 1.807) is 0 Å². The second-order valence-corrected chi connectivity index (χ2v) is 5.30. The van der Waals surface area contributed by atoms with Crippen LogP contribution in [-0.2, 0) is 0 Å². The molecule has 2 heterocycles. The van der Waals surface area contributed by atoms with Crippen molar-refractivity contribution in [1.29, 1.82) is 0 Å². The normalized spacial score (nSPS) is 38.1. The molecule has 2 N–H and O–H groups in total. The monoisotopic (exact) mass is 242 g/mol. The first-order chi connectivity index (χ1) is 6.59. The fraction of sp³-hybridized carbons (Fsp3) is 0.714. The Kier molecular flexibility index (Phi) is 3.01. The zero-order valence-corrected chi connectivity index (χ0v) is 8.68.